The van der Waals surface area contributed by atoms with Gasteiger partial charge in [-0.3, -0.25) is 9.79 Å². The van der Waals surface area contributed by atoms with Crippen LogP contribution in [0.1, 0.15) is 38.4 Å². The molecule has 0 aliphatic rings. The fourth-order valence-corrected chi connectivity index (χ4v) is 3.33. The normalized spacial score (nSPS) is 11.4. The van der Waals surface area contributed by atoms with Crippen molar-refractivity contribution in [3.8, 4) is 5.69 Å². The molecule has 1 amide bonds. The maximum atomic E-state index is 12.4. The lowest BCUT2D eigenvalue weighted by atomic mass is 10.1. The van der Waals surface area contributed by atoms with Crippen molar-refractivity contribution in [1.29, 1.82) is 0 Å². The number of hydrogen-bond donors (Lipinski definition) is 1. The Morgan fingerprint density at radius 3 is 2.50 bits per heavy atom. The SMILES string of the molecule is CCNC(=NCCCc1cn(-c2ccccc2)nc1C)N(C)CC(=O)N(CC)CC. The number of likely N-dealkylation sites (N-methyl/N-ethyl adjacent to an activating group) is 2. The van der Waals surface area contributed by atoms with E-state index in [1.165, 1.54) is 5.56 Å². The lowest BCUT2D eigenvalue weighted by Gasteiger charge is -2.25. The molecule has 2 rings (SSSR count). The molecule has 1 N–H and O–H groups in total. The van der Waals surface area contributed by atoms with Crippen molar-refractivity contribution < 1.29 is 4.79 Å². The maximum absolute atomic E-state index is 12.4. The number of nitrogens with one attached hydrogen (secondary N) is 1. The van der Waals surface area contributed by atoms with Crippen molar-refractivity contribution >= 4 is 11.9 Å². The number of hydrogen-bond acceptors (Lipinski definition) is 3. The Morgan fingerprint density at radius 2 is 1.87 bits per heavy atom. The summed E-state index contributed by atoms with van der Waals surface area (Å²) in [6, 6.07) is 10.2. The Kier molecular flexibility index (Phi) is 9.38. The fraction of sp³-hybridized carbons (Fsp3) is 0.522. The standard InChI is InChI=1S/C23H36N6O/c1-6-24-23(27(5)18-22(30)28(7-2)8-3)25-16-12-13-20-17-29(26-19(20)4)21-14-10-9-11-15-21/h9-11,14-15,17H,6-8,12-13,16,18H2,1-5H3,(H,24,25). The van der Waals surface area contributed by atoms with Crippen molar-refractivity contribution in [3.05, 3.63) is 47.8 Å². The molecule has 1 heterocycles. The molecular weight excluding hydrogens is 376 g/mol. The Bertz CT molecular complexity index is 810. The summed E-state index contributed by atoms with van der Waals surface area (Å²) in [5.74, 6) is 0.895. The third kappa shape index (κ3) is 6.61. The number of carbonyl (C=O) groups is 1. The van der Waals surface area contributed by atoms with E-state index in [0.29, 0.717) is 13.1 Å². The number of guanidine groups is 1. The quantitative estimate of drug-likeness (QED) is 0.370. The molecule has 7 nitrogen and oxygen atoms in total. The van der Waals surface area contributed by atoms with Crippen molar-refractivity contribution in [2.45, 2.75) is 40.5 Å². The van der Waals surface area contributed by atoms with Gasteiger partial charge in [0.1, 0.15) is 0 Å². The van der Waals surface area contributed by atoms with E-state index in [9.17, 15) is 4.79 Å². The van der Waals surface area contributed by atoms with Crippen LogP contribution in [0, 0.1) is 6.92 Å². The van der Waals surface area contributed by atoms with E-state index in [0.717, 1.165) is 49.8 Å². The number of aliphatic imine (C=N–C) groups is 1. The van der Waals surface area contributed by atoms with Crippen LogP contribution in [0.2, 0.25) is 0 Å². The van der Waals surface area contributed by atoms with Crippen LogP contribution in [0.25, 0.3) is 5.69 Å². The van der Waals surface area contributed by atoms with E-state index in [1.807, 2.05) is 60.5 Å². The Balaban J connectivity index is 1.93. The molecule has 0 atom stereocenters. The highest BCUT2D eigenvalue weighted by molar-refractivity contribution is 5.86. The maximum Gasteiger partial charge on any atom is 0.242 e. The molecule has 1 aromatic carbocycles. The Labute approximate surface area is 180 Å². The van der Waals surface area contributed by atoms with Gasteiger partial charge in [-0.25, -0.2) is 4.68 Å². The van der Waals surface area contributed by atoms with Crippen molar-refractivity contribution in [2.75, 3.05) is 39.8 Å². The van der Waals surface area contributed by atoms with Gasteiger partial charge < -0.3 is 15.1 Å². The molecule has 0 spiro atoms. The minimum Gasteiger partial charge on any atom is -0.357 e. The van der Waals surface area contributed by atoms with Gasteiger partial charge in [0.25, 0.3) is 0 Å². The second-order valence-corrected chi connectivity index (χ2v) is 7.28. The molecule has 7 heteroatoms. The lowest BCUT2D eigenvalue weighted by Crippen LogP contribution is -2.45. The van der Waals surface area contributed by atoms with E-state index in [4.69, 9.17) is 4.99 Å². The van der Waals surface area contributed by atoms with Gasteiger partial charge in [-0.05, 0) is 58.2 Å². The molecular formula is C23H36N6O. The summed E-state index contributed by atoms with van der Waals surface area (Å²) in [6.45, 7) is 11.3. The zero-order chi connectivity index (χ0) is 21.9. The molecule has 0 unspecified atom stereocenters. The van der Waals surface area contributed by atoms with Crippen LogP contribution in [0.15, 0.2) is 41.5 Å². The summed E-state index contributed by atoms with van der Waals surface area (Å²) in [5.41, 5.74) is 3.36. The summed E-state index contributed by atoms with van der Waals surface area (Å²) < 4.78 is 1.94. The van der Waals surface area contributed by atoms with Crippen LogP contribution in [0.3, 0.4) is 0 Å². The van der Waals surface area contributed by atoms with E-state index < -0.39 is 0 Å². The predicted molar refractivity (Wildman–Crippen MR) is 123 cm³/mol. The zero-order valence-electron chi connectivity index (χ0n) is 19.1. The van der Waals surface area contributed by atoms with E-state index in [1.54, 1.807) is 0 Å². The molecule has 0 fully saturated rings. The van der Waals surface area contributed by atoms with Crippen LogP contribution in [0.5, 0.6) is 0 Å². The number of carbonyl (C=O) groups excluding carboxylic acids is 1. The number of nitrogens with zero attached hydrogens (tertiary/aromatic N) is 5. The molecule has 0 saturated carbocycles. The third-order valence-electron chi connectivity index (χ3n) is 5.07. The number of para-hydroxylation sites is 1. The van der Waals surface area contributed by atoms with Crippen LogP contribution >= 0.6 is 0 Å². The monoisotopic (exact) mass is 412 g/mol. The molecule has 2 aromatic rings. The first-order valence-electron chi connectivity index (χ1n) is 10.9. The fourth-order valence-electron chi connectivity index (χ4n) is 3.33. The first-order valence-corrected chi connectivity index (χ1v) is 10.9. The summed E-state index contributed by atoms with van der Waals surface area (Å²) in [6.07, 6.45) is 3.95. The average molecular weight is 413 g/mol. The summed E-state index contributed by atoms with van der Waals surface area (Å²) in [4.78, 5) is 20.9. The van der Waals surface area contributed by atoms with Crippen molar-refractivity contribution in [1.82, 2.24) is 24.9 Å². The number of aryl methyl sites for hydroxylation is 2. The predicted octanol–water partition coefficient (Wildman–Crippen LogP) is 2.88. The van der Waals surface area contributed by atoms with Gasteiger partial charge in [0.2, 0.25) is 5.91 Å². The van der Waals surface area contributed by atoms with Gasteiger partial charge in [-0.2, -0.15) is 5.10 Å². The molecule has 0 radical (unpaired) electrons. The lowest BCUT2D eigenvalue weighted by molar-refractivity contribution is -0.131. The Morgan fingerprint density at radius 1 is 1.17 bits per heavy atom. The van der Waals surface area contributed by atoms with Crippen LogP contribution in [0.4, 0.5) is 0 Å². The number of amides is 1. The number of aromatic nitrogens is 2. The van der Waals surface area contributed by atoms with Crippen LogP contribution in [-0.2, 0) is 11.2 Å². The van der Waals surface area contributed by atoms with E-state index in [2.05, 4.69) is 35.7 Å². The summed E-state index contributed by atoms with van der Waals surface area (Å²) in [7, 11) is 1.91. The number of rotatable bonds is 10. The second-order valence-electron chi connectivity index (χ2n) is 7.28. The highest BCUT2D eigenvalue weighted by Gasteiger charge is 2.15. The summed E-state index contributed by atoms with van der Waals surface area (Å²) in [5, 5.41) is 7.92. The van der Waals surface area contributed by atoms with E-state index >= 15 is 0 Å². The molecule has 0 saturated heterocycles. The zero-order valence-corrected chi connectivity index (χ0v) is 19.1. The van der Waals surface area contributed by atoms with Gasteiger partial charge >= 0.3 is 0 Å². The van der Waals surface area contributed by atoms with Gasteiger partial charge in [0.05, 0.1) is 17.9 Å². The highest BCUT2D eigenvalue weighted by atomic mass is 16.2. The van der Waals surface area contributed by atoms with Gasteiger partial charge in [0.15, 0.2) is 5.96 Å². The third-order valence-corrected chi connectivity index (χ3v) is 5.07. The van der Waals surface area contributed by atoms with Gasteiger partial charge in [-0.1, -0.05) is 18.2 Å². The average Bonchev–Trinajstić information content (AvgIpc) is 3.12. The molecule has 0 bridgehead atoms. The van der Waals surface area contributed by atoms with Crippen molar-refractivity contribution in [2.24, 2.45) is 4.99 Å². The minimum atomic E-state index is 0.122. The molecule has 0 aliphatic carbocycles. The molecule has 1 aromatic heterocycles. The Hall–Kier alpha value is -2.83. The smallest absolute Gasteiger partial charge is 0.242 e. The van der Waals surface area contributed by atoms with Crippen LogP contribution < -0.4 is 5.32 Å². The molecule has 0 aliphatic heterocycles. The van der Waals surface area contributed by atoms with Gasteiger partial charge in [0, 0.05) is 39.4 Å². The highest BCUT2D eigenvalue weighted by Crippen LogP contribution is 2.13. The second kappa shape index (κ2) is 12.0. The summed E-state index contributed by atoms with van der Waals surface area (Å²) >= 11 is 0. The largest absolute Gasteiger partial charge is 0.357 e. The topological polar surface area (TPSA) is 65.8 Å². The minimum absolute atomic E-state index is 0.122. The van der Waals surface area contributed by atoms with Crippen molar-refractivity contribution in [3.63, 3.8) is 0 Å². The number of benzene rings is 1. The first kappa shape index (κ1) is 23.4. The van der Waals surface area contributed by atoms with Crippen LogP contribution in [-0.4, -0.2) is 71.2 Å². The molecule has 30 heavy (non-hydrogen) atoms. The van der Waals surface area contributed by atoms with E-state index in [-0.39, 0.29) is 5.91 Å². The van der Waals surface area contributed by atoms with Gasteiger partial charge in [-0.15, -0.1) is 0 Å². The first-order chi connectivity index (χ1) is 14.5. The molecule has 164 valence electrons.